The predicted octanol–water partition coefficient (Wildman–Crippen LogP) is 7.86. The van der Waals surface area contributed by atoms with E-state index in [1.165, 1.54) is 23.4 Å². The van der Waals surface area contributed by atoms with Gasteiger partial charge in [-0.1, -0.05) is 102 Å². The predicted molar refractivity (Wildman–Crippen MR) is 149 cm³/mol. The summed E-state index contributed by atoms with van der Waals surface area (Å²) in [5, 5.41) is 0. The number of carbonyl (C=O) groups is 2. The third kappa shape index (κ3) is 12.7. The summed E-state index contributed by atoms with van der Waals surface area (Å²) in [6, 6.07) is 2.39. The number of hydrogen-bond donors (Lipinski definition) is 0. The molecule has 0 saturated heterocycles. The summed E-state index contributed by atoms with van der Waals surface area (Å²) in [6.45, 7) is 28.4. The maximum atomic E-state index is 13.1. The molecule has 3 nitrogen and oxygen atoms in total. The first-order chi connectivity index (χ1) is 13.8. The highest BCUT2D eigenvalue weighted by atomic mass is 28.4. The average Bonchev–Trinajstić information content (AvgIpc) is 2.48. The zero-order chi connectivity index (χ0) is 24.7. The molecule has 0 aromatic carbocycles. The summed E-state index contributed by atoms with van der Waals surface area (Å²) in [5.74, 6) is -0.253. The number of Topliss-reactive ketones (excluding diaryl/α,β-unsaturated/α-hetero) is 1. The largest absolute Gasteiger partial charge is 0.465 e. The first kappa shape index (κ1) is 31.0. The van der Waals surface area contributed by atoms with E-state index in [0.717, 1.165) is 12.8 Å². The second kappa shape index (κ2) is 11.9. The van der Waals surface area contributed by atoms with Crippen LogP contribution in [0.4, 0.5) is 0 Å². The van der Waals surface area contributed by atoms with Gasteiger partial charge in [0.2, 0.25) is 0 Å². The molecule has 0 rings (SSSR count). The van der Waals surface area contributed by atoms with Crippen molar-refractivity contribution in [3.63, 3.8) is 0 Å². The Morgan fingerprint density at radius 3 is 1.32 bits per heavy atom. The number of esters is 1. The Labute approximate surface area is 198 Å². The zero-order valence-electron chi connectivity index (χ0n) is 23.1. The van der Waals surface area contributed by atoms with Crippen molar-refractivity contribution >= 4 is 44.0 Å². The standard InChI is InChI=1S/C24H54O3Si4/c1-13-27-23(26)24(22(2)25,16-14-18-30(9,10)20-28(3,4)5)17-15-19-31(11,12)21-29(6,7)8/h13-21H2,1-12H3. The maximum absolute atomic E-state index is 13.1. The third-order valence-electron chi connectivity index (χ3n) is 6.27. The Kier molecular flexibility index (Phi) is 11.9. The molecule has 0 saturated carbocycles. The lowest BCUT2D eigenvalue weighted by molar-refractivity contribution is -0.160. The Morgan fingerprint density at radius 1 is 0.710 bits per heavy atom. The fourth-order valence-corrected chi connectivity index (χ4v) is 32.5. The van der Waals surface area contributed by atoms with Gasteiger partial charge >= 0.3 is 5.97 Å². The normalized spacial score (nSPS) is 13.9. The highest BCUT2D eigenvalue weighted by Gasteiger charge is 2.44. The summed E-state index contributed by atoms with van der Waals surface area (Å²) in [6.07, 6.45) is 3.27. The van der Waals surface area contributed by atoms with Crippen LogP contribution in [0.25, 0.3) is 0 Å². The molecule has 0 unspecified atom stereocenters. The molecule has 31 heavy (non-hydrogen) atoms. The Balaban J connectivity index is 5.36. The summed E-state index contributed by atoms with van der Waals surface area (Å²) >= 11 is 0. The van der Waals surface area contributed by atoms with Crippen LogP contribution < -0.4 is 0 Å². The zero-order valence-corrected chi connectivity index (χ0v) is 27.1. The van der Waals surface area contributed by atoms with Gasteiger partial charge in [0.05, 0.1) is 6.61 Å². The molecule has 0 N–H and O–H groups in total. The fraction of sp³-hybridized carbons (Fsp3) is 0.917. The topological polar surface area (TPSA) is 43.4 Å². The van der Waals surface area contributed by atoms with Gasteiger partial charge in [-0.25, -0.2) is 0 Å². The molecule has 7 heteroatoms. The second-order valence-electron chi connectivity index (χ2n) is 13.9. The van der Waals surface area contributed by atoms with E-state index < -0.39 is 37.7 Å². The fourth-order valence-electron chi connectivity index (χ4n) is 5.88. The van der Waals surface area contributed by atoms with E-state index >= 15 is 0 Å². The molecular formula is C24H54O3Si4. The van der Waals surface area contributed by atoms with Crippen LogP contribution in [0.5, 0.6) is 0 Å². The van der Waals surface area contributed by atoms with E-state index in [0.29, 0.717) is 19.4 Å². The SMILES string of the molecule is CCOC(=O)C(CCC[Si](C)(C)C[Si](C)(C)C)(CCC[Si](C)(C)C[Si](C)(C)C)C(C)=O. The van der Waals surface area contributed by atoms with Crippen molar-refractivity contribution in [2.45, 2.75) is 128 Å². The molecule has 0 spiro atoms. The molecule has 0 fully saturated rings. The van der Waals surface area contributed by atoms with Crippen molar-refractivity contribution < 1.29 is 14.3 Å². The van der Waals surface area contributed by atoms with Crippen molar-refractivity contribution in [1.82, 2.24) is 0 Å². The minimum Gasteiger partial charge on any atom is -0.465 e. The second-order valence-corrected chi connectivity index (χ2v) is 36.6. The van der Waals surface area contributed by atoms with Crippen molar-refractivity contribution in [3.8, 4) is 0 Å². The van der Waals surface area contributed by atoms with Gasteiger partial charge < -0.3 is 4.74 Å². The number of carbonyl (C=O) groups excluding carboxylic acids is 2. The Hall–Kier alpha value is 0.00753. The molecule has 0 bridgehead atoms. The average molecular weight is 503 g/mol. The number of ketones is 1. The molecular weight excluding hydrogens is 449 g/mol. The lowest BCUT2D eigenvalue weighted by atomic mass is 9.76. The van der Waals surface area contributed by atoms with Gasteiger partial charge in [-0.2, -0.15) is 0 Å². The summed E-state index contributed by atoms with van der Waals surface area (Å²) in [4.78, 5) is 26.0. The monoisotopic (exact) mass is 502 g/mol. The molecule has 0 aromatic rings. The van der Waals surface area contributed by atoms with E-state index in [-0.39, 0.29) is 11.8 Å². The first-order valence-corrected chi connectivity index (χ1v) is 26.7. The van der Waals surface area contributed by atoms with E-state index in [4.69, 9.17) is 4.74 Å². The quantitative estimate of drug-likeness (QED) is 0.130. The molecule has 0 heterocycles. The summed E-state index contributed by atoms with van der Waals surface area (Å²) in [7, 11) is -4.80. The van der Waals surface area contributed by atoms with Gasteiger partial charge in [0.15, 0.2) is 0 Å². The number of rotatable bonds is 15. The smallest absolute Gasteiger partial charge is 0.319 e. The van der Waals surface area contributed by atoms with Crippen LogP contribution in [-0.4, -0.2) is 50.7 Å². The van der Waals surface area contributed by atoms with E-state index in [9.17, 15) is 9.59 Å². The van der Waals surface area contributed by atoms with Gasteiger partial charge in [-0.15, -0.1) is 0 Å². The van der Waals surface area contributed by atoms with Crippen molar-refractivity contribution in [2.75, 3.05) is 6.61 Å². The van der Waals surface area contributed by atoms with Gasteiger partial charge in [0.25, 0.3) is 0 Å². The van der Waals surface area contributed by atoms with Crippen LogP contribution >= 0.6 is 0 Å². The van der Waals surface area contributed by atoms with E-state index in [1.54, 1.807) is 6.92 Å². The summed E-state index contributed by atoms with van der Waals surface area (Å²) in [5.41, 5.74) is 1.88. The molecule has 0 amide bonds. The lowest BCUT2D eigenvalue weighted by Gasteiger charge is -2.34. The molecule has 0 aliphatic carbocycles. The van der Waals surface area contributed by atoms with Crippen LogP contribution in [0.3, 0.4) is 0 Å². The van der Waals surface area contributed by atoms with Gasteiger partial charge in [0.1, 0.15) is 11.2 Å². The van der Waals surface area contributed by atoms with Crippen molar-refractivity contribution in [3.05, 3.63) is 0 Å². The van der Waals surface area contributed by atoms with E-state index in [1.807, 2.05) is 6.92 Å². The van der Waals surface area contributed by atoms with Crippen molar-refractivity contribution in [1.29, 1.82) is 0 Å². The third-order valence-corrected chi connectivity index (χ3v) is 25.8. The minimum absolute atomic E-state index is 0.0142. The van der Waals surface area contributed by atoms with Gasteiger partial charge in [0, 0.05) is 32.3 Å². The minimum atomic E-state index is -1.30. The van der Waals surface area contributed by atoms with Crippen LogP contribution in [0.15, 0.2) is 0 Å². The van der Waals surface area contributed by atoms with Gasteiger partial charge in [-0.05, 0) is 26.7 Å². The first-order valence-electron chi connectivity index (χ1n) is 12.4. The Morgan fingerprint density at radius 2 is 1.06 bits per heavy atom. The van der Waals surface area contributed by atoms with E-state index in [2.05, 4.69) is 65.5 Å². The van der Waals surface area contributed by atoms with Crippen LogP contribution in [-0.2, 0) is 14.3 Å². The van der Waals surface area contributed by atoms with Crippen LogP contribution in [0.2, 0.25) is 88.9 Å². The molecule has 0 aliphatic rings. The highest BCUT2D eigenvalue weighted by Crippen LogP contribution is 2.37. The van der Waals surface area contributed by atoms with Crippen LogP contribution in [0.1, 0.15) is 39.5 Å². The molecule has 0 aliphatic heterocycles. The molecule has 0 radical (unpaired) electrons. The summed E-state index contributed by atoms with van der Waals surface area (Å²) < 4.78 is 5.47. The Bertz CT molecular complexity index is 553. The molecule has 184 valence electrons. The molecule has 0 atom stereocenters. The lowest BCUT2D eigenvalue weighted by Crippen LogP contribution is -2.42. The highest BCUT2D eigenvalue weighted by molar-refractivity contribution is 6.95. The number of hydrogen-bond acceptors (Lipinski definition) is 3. The number of ether oxygens (including phenoxy) is 1. The molecule has 0 aromatic heterocycles. The van der Waals surface area contributed by atoms with Gasteiger partial charge in [-0.3, -0.25) is 9.59 Å². The maximum Gasteiger partial charge on any atom is 0.319 e. The van der Waals surface area contributed by atoms with Crippen LogP contribution in [0, 0.1) is 5.41 Å². The van der Waals surface area contributed by atoms with Crippen molar-refractivity contribution in [2.24, 2.45) is 5.41 Å².